The third-order valence-electron chi connectivity index (χ3n) is 5.60. The van der Waals surface area contributed by atoms with Gasteiger partial charge in [0.2, 0.25) is 10.0 Å². The van der Waals surface area contributed by atoms with Gasteiger partial charge < -0.3 is 20.2 Å². The molecule has 0 amide bonds. The molecule has 4 rings (SSSR count). The summed E-state index contributed by atoms with van der Waals surface area (Å²) in [5, 5.41) is 20.1. The fourth-order valence-electron chi connectivity index (χ4n) is 3.64. The van der Waals surface area contributed by atoms with Crippen LogP contribution < -0.4 is 19.7 Å². The third kappa shape index (κ3) is 7.85. The normalized spacial score (nSPS) is 12.8. The van der Waals surface area contributed by atoms with Crippen LogP contribution in [0.25, 0.3) is 21.1 Å². The molecule has 43 heavy (non-hydrogen) atoms. The van der Waals surface area contributed by atoms with Crippen LogP contribution in [0.5, 0.6) is 11.5 Å². The number of alkyl halides is 3. The van der Waals surface area contributed by atoms with E-state index < -0.39 is 51.0 Å². The maximum Gasteiger partial charge on any atom is 0.408 e. The maximum atomic E-state index is 15.0. The number of anilines is 1. The Kier molecular flexibility index (Phi) is 10.0. The lowest BCUT2D eigenvalue weighted by Crippen LogP contribution is -2.49. The van der Waals surface area contributed by atoms with Crippen LogP contribution in [0.3, 0.4) is 0 Å². The van der Waals surface area contributed by atoms with E-state index in [1.165, 1.54) is 22.3 Å². The van der Waals surface area contributed by atoms with Crippen LogP contribution >= 0.6 is 34.5 Å². The van der Waals surface area contributed by atoms with Gasteiger partial charge in [-0.2, -0.15) is 17.9 Å². The second-order valence-corrected chi connectivity index (χ2v) is 12.6. The summed E-state index contributed by atoms with van der Waals surface area (Å²) in [6, 6.07) is 8.64. The molecule has 0 saturated carbocycles. The number of halogens is 6. The number of ether oxygens (including phenoxy) is 2. The average molecular weight is 681 g/mol. The van der Waals surface area contributed by atoms with Gasteiger partial charge in [-0.3, -0.25) is 0 Å². The van der Waals surface area contributed by atoms with Crippen LogP contribution in [-0.4, -0.2) is 43.5 Å². The molecule has 0 aliphatic carbocycles. The van der Waals surface area contributed by atoms with Crippen LogP contribution in [-0.2, 0) is 10.0 Å². The number of hydrogen-bond donors (Lipinski definition) is 2. The summed E-state index contributed by atoms with van der Waals surface area (Å²) < 4.78 is 93.5. The molecule has 0 bridgehead atoms. The van der Waals surface area contributed by atoms with Gasteiger partial charge in [-0.05, 0) is 50.2 Å². The van der Waals surface area contributed by atoms with E-state index in [1.54, 1.807) is 18.2 Å². The Bertz CT molecular complexity index is 1720. The van der Waals surface area contributed by atoms with Crippen molar-refractivity contribution in [3.8, 4) is 32.6 Å². The lowest BCUT2D eigenvalue weighted by atomic mass is 10.2. The minimum Gasteiger partial charge on any atom is -0.761 e. The topological polar surface area (TPSA) is 126 Å². The summed E-state index contributed by atoms with van der Waals surface area (Å²) in [4.78, 5) is -0.712. The number of para-hydroxylation sites is 1. The van der Waals surface area contributed by atoms with Crippen molar-refractivity contribution in [1.82, 2.24) is 14.9 Å². The minimum absolute atomic E-state index is 0.0891. The highest BCUT2D eigenvalue weighted by Gasteiger charge is 2.43. The second-order valence-electron chi connectivity index (χ2n) is 9.11. The van der Waals surface area contributed by atoms with Gasteiger partial charge in [-0.15, -0.1) is 10.2 Å². The molecule has 0 spiro atoms. The number of aromatic nitrogens is 2. The molecule has 4 aromatic rings. The zero-order valence-corrected chi connectivity index (χ0v) is 25.2. The third-order valence-corrected chi connectivity index (χ3v) is 8.75. The number of rotatable bonds is 11. The van der Waals surface area contributed by atoms with Crippen molar-refractivity contribution in [2.45, 2.75) is 37.1 Å². The zero-order valence-electron chi connectivity index (χ0n) is 22.1. The van der Waals surface area contributed by atoms with Crippen molar-refractivity contribution >= 4 is 50.2 Å². The van der Waals surface area contributed by atoms with Gasteiger partial charge in [0.25, 0.3) is 0 Å². The fraction of sp³-hybridized carbons (Fsp3) is 0.231. The summed E-state index contributed by atoms with van der Waals surface area (Å²) in [6.07, 6.45) is -5.23. The van der Waals surface area contributed by atoms with Gasteiger partial charge in [0.15, 0.2) is 17.6 Å². The number of hydrogen-bond acceptors (Lipinski definition) is 9. The molecule has 1 unspecified atom stereocenters. The van der Waals surface area contributed by atoms with Gasteiger partial charge in [0.1, 0.15) is 27.3 Å². The molecule has 3 aromatic carbocycles. The Morgan fingerprint density at radius 2 is 1.70 bits per heavy atom. The molecule has 0 saturated heterocycles. The Morgan fingerprint density at radius 3 is 2.35 bits per heavy atom. The number of benzene rings is 3. The Morgan fingerprint density at radius 1 is 1.00 bits per heavy atom. The quantitative estimate of drug-likeness (QED) is 0.125. The lowest BCUT2D eigenvalue weighted by Gasteiger charge is -2.23. The molecule has 17 heteroatoms. The van der Waals surface area contributed by atoms with Crippen molar-refractivity contribution in [3.63, 3.8) is 0 Å². The monoisotopic (exact) mass is 679 g/mol. The molecule has 1 heterocycles. The second kappa shape index (κ2) is 13.2. The van der Waals surface area contributed by atoms with Crippen LogP contribution in [0.4, 0.5) is 23.2 Å². The van der Waals surface area contributed by atoms with E-state index in [0.717, 1.165) is 35.6 Å². The van der Waals surface area contributed by atoms with E-state index in [2.05, 4.69) is 10.2 Å². The maximum absolute atomic E-state index is 15.0. The van der Waals surface area contributed by atoms with Gasteiger partial charge in [-0.25, -0.2) is 12.8 Å². The van der Waals surface area contributed by atoms with Gasteiger partial charge >= 0.3 is 6.18 Å². The Labute approximate surface area is 257 Å². The number of nitrogens with one attached hydrogen (secondary N) is 2. The summed E-state index contributed by atoms with van der Waals surface area (Å²) in [7, 11) is -4.84. The molecule has 0 aliphatic heterocycles. The molecular weight excluding hydrogens is 659 g/mol. The predicted molar refractivity (Wildman–Crippen MR) is 156 cm³/mol. The first-order valence-corrected chi connectivity index (χ1v) is 15.2. The van der Waals surface area contributed by atoms with Gasteiger partial charge in [-0.1, -0.05) is 46.7 Å². The van der Waals surface area contributed by atoms with E-state index in [1.807, 2.05) is 13.8 Å². The van der Waals surface area contributed by atoms with Crippen LogP contribution in [0.2, 0.25) is 10.0 Å². The molecule has 1 atom stereocenters. The molecule has 0 fully saturated rings. The SMILES string of the molecule is CC(C)Oc1ccc(-c2nnc(-c3cc(F)c(OCC(NS(=O)(=O)c4ccccc4N[O-])C(F)(F)F)cc3Cl)s2)cc1Cl. The van der Waals surface area contributed by atoms with Crippen molar-refractivity contribution < 1.29 is 35.5 Å². The lowest BCUT2D eigenvalue weighted by molar-refractivity contribution is -0.157. The first-order valence-electron chi connectivity index (χ1n) is 12.2. The molecule has 0 aliphatic rings. The summed E-state index contributed by atoms with van der Waals surface area (Å²) in [5.74, 6) is -1.27. The highest BCUT2D eigenvalue weighted by atomic mass is 35.5. The first kappa shape index (κ1) is 32.7. The summed E-state index contributed by atoms with van der Waals surface area (Å²) in [6.45, 7) is 2.36. The molecule has 230 valence electrons. The Balaban J connectivity index is 1.53. The minimum atomic E-state index is -5.14. The van der Waals surface area contributed by atoms with E-state index in [4.69, 9.17) is 32.7 Å². The summed E-state index contributed by atoms with van der Waals surface area (Å²) in [5.41, 5.74) is 1.59. The Hall–Kier alpha value is -3.21. The number of nitrogens with zero attached hydrogens (tertiary/aromatic N) is 2. The van der Waals surface area contributed by atoms with Crippen molar-refractivity contribution in [3.05, 3.63) is 75.7 Å². The van der Waals surface area contributed by atoms with Gasteiger partial charge in [0, 0.05) is 22.9 Å². The van der Waals surface area contributed by atoms with Crippen molar-refractivity contribution in [1.29, 1.82) is 0 Å². The highest BCUT2D eigenvalue weighted by molar-refractivity contribution is 7.89. The zero-order chi connectivity index (χ0) is 31.5. The molecular formula is C26H21Cl2F4N4O5S2-. The van der Waals surface area contributed by atoms with E-state index in [9.17, 15) is 31.2 Å². The number of sulfonamides is 1. The van der Waals surface area contributed by atoms with E-state index >= 15 is 0 Å². The van der Waals surface area contributed by atoms with Crippen LogP contribution in [0.15, 0.2) is 59.5 Å². The summed E-state index contributed by atoms with van der Waals surface area (Å²) >= 11 is 13.6. The largest absolute Gasteiger partial charge is 0.761 e. The van der Waals surface area contributed by atoms with Crippen LogP contribution in [0, 0.1) is 11.0 Å². The van der Waals surface area contributed by atoms with Crippen LogP contribution in [0.1, 0.15) is 13.8 Å². The van der Waals surface area contributed by atoms with Crippen molar-refractivity contribution in [2.75, 3.05) is 12.1 Å². The standard InChI is InChI=1S/C26H21Cl2F4N4O5S2/c1-13(2)41-20-8-7-14(9-17(20)28)24-33-34-25(42-24)15-10-18(29)21(11-16(15)27)40-12-23(26(30,31)32)36-43(38,39)22-6-4-3-5-19(22)35-37/h3-11,13,23,35-36H,12H2,1-2H3/q-1. The molecule has 2 N–H and O–H groups in total. The fourth-order valence-corrected chi connectivity index (χ4v) is 6.39. The smallest absolute Gasteiger partial charge is 0.408 e. The van der Waals surface area contributed by atoms with Gasteiger partial charge in [0.05, 0.1) is 16.1 Å². The first-order chi connectivity index (χ1) is 20.2. The average Bonchev–Trinajstić information content (AvgIpc) is 3.43. The predicted octanol–water partition coefficient (Wildman–Crippen LogP) is 7.30. The molecule has 9 nitrogen and oxygen atoms in total. The molecule has 0 radical (unpaired) electrons. The van der Waals surface area contributed by atoms with E-state index in [-0.39, 0.29) is 21.7 Å². The highest BCUT2D eigenvalue weighted by Crippen LogP contribution is 2.39. The van der Waals surface area contributed by atoms with Crippen molar-refractivity contribution in [2.24, 2.45) is 0 Å². The molecule has 1 aromatic heterocycles. The van der Waals surface area contributed by atoms with E-state index in [0.29, 0.717) is 21.3 Å².